The van der Waals surface area contributed by atoms with Crippen molar-refractivity contribution in [3.05, 3.63) is 82.5 Å². The molecule has 0 aliphatic heterocycles. The minimum absolute atomic E-state index is 0.463. The van der Waals surface area contributed by atoms with Crippen LogP contribution >= 0.6 is 0 Å². The van der Waals surface area contributed by atoms with Crippen LogP contribution in [-0.4, -0.2) is 7.11 Å². The maximum absolute atomic E-state index is 6.45. The second-order valence-corrected chi connectivity index (χ2v) is 8.91. The zero-order valence-corrected chi connectivity index (χ0v) is 19.4. The molecule has 1 aliphatic rings. The molecule has 0 N–H and O–H groups in total. The lowest BCUT2D eigenvalue weighted by Gasteiger charge is -2.35. The van der Waals surface area contributed by atoms with Crippen LogP contribution in [0.3, 0.4) is 0 Å². The van der Waals surface area contributed by atoms with E-state index in [0.29, 0.717) is 24.4 Å². The highest BCUT2D eigenvalue weighted by molar-refractivity contribution is 5.58. The average molecular weight is 405 g/mol. The van der Waals surface area contributed by atoms with E-state index in [1.807, 2.05) is 6.07 Å². The van der Waals surface area contributed by atoms with Gasteiger partial charge in [0.25, 0.3) is 0 Å². The largest absolute Gasteiger partial charge is 0.493 e. The van der Waals surface area contributed by atoms with Gasteiger partial charge in [-0.15, -0.1) is 0 Å². The molecule has 3 rings (SSSR count). The zero-order chi connectivity index (χ0) is 21.7. The molecule has 30 heavy (non-hydrogen) atoms. The van der Waals surface area contributed by atoms with Gasteiger partial charge in [0, 0.05) is 5.56 Å². The van der Waals surface area contributed by atoms with E-state index in [2.05, 4.69) is 83.2 Å². The third-order valence-electron chi connectivity index (χ3n) is 6.20. The van der Waals surface area contributed by atoms with Crippen LogP contribution < -0.4 is 9.47 Å². The van der Waals surface area contributed by atoms with Gasteiger partial charge in [-0.05, 0) is 68.1 Å². The second-order valence-electron chi connectivity index (χ2n) is 8.91. The van der Waals surface area contributed by atoms with Crippen LogP contribution in [-0.2, 0) is 6.61 Å². The summed E-state index contributed by atoms with van der Waals surface area (Å²) in [4.78, 5) is 0. The van der Waals surface area contributed by atoms with Gasteiger partial charge >= 0.3 is 0 Å². The lowest BCUT2D eigenvalue weighted by Crippen LogP contribution is -2.19. The molecule has 0 saturated carbocycles. The number of fused-ring (bicyclic) bond motifs is 1. The first-order valence-electron chi connectivity index (χ1n) is 11.1. The van der Waals surface area contributed by atoms with Gasteiger partial charge in [-0.3, -0.25) is 0 Å². The Morgan fingerprint density at radius 2 is 1.87 bits per heavy atom. The van der Waals surface area contributed by atoms with Gasteiger partial charge < -0.3 is 9.47 Å². The Kier molecular flexibility index (Phi) is 7.42. The second kappa shape index (κ2) is 10.0. The first-order chi connectivity index (χ1) is 14.4. The summed E-state index contributed by atoms with van der Waals surface area (Å²) >= 11 is 0. The van der Waals surface area contributed by atoms with Gasteiger partial charge in [0.2, 0.25) is 0 Å². The summed E-state index contributed by atoms with van der Waals surface area (Å²) in [6, 6.07) is 12.7. The van der Waals surface area contributed by atoms with Crippen molar-refractivity contribution in [1.82, 2.24) is 0 Å². The van der Waals surface area contributed by atoms with E-state index in [1.165, 1.54) is 35.1 Å². The van der Waals surface area contributed by atoms with Crippen molar-refractivity contribution in [2.24, 2.45) is 5.92 Å². The molecule has 0 amide bonds. The van der Waals surface area contributed by atoms with Crippen molar-refractivity contribution in [1.29, 1.82) is 0 Å². The fraction of sp³-hybridized carbons (Fsp3) is 0.429. The highest BCUT2D eigenvalue weighted by atomic mass is 16.5. The quantitative estimate of drug-likeness (QED) is 0.440. The van der Waals surface area contributed by atoms with Crippen molar-refractivity contribution >= 4 is 0 Å². The summed E-state index contributed by atoms with van der Waals surface area (Å²) in [6.07, 6.45) is 9.13. The molecule has 0 spiro atoms. The molecule has 2 heteroatoms. The maximum Gasteiger partial charge on any atom is 0.165 e. The van der Waals surface area contributed by atoms with E-state index in [-0.39, 0.29) is 0 Å². The Morgan fingerprint density at radius 1 is 1.13 bits per heavy atom. The molecule has 0 radical (unpaired) electrons. The molecule has 160 valence electrons. The Morgan fingerprint density at radius 3 is 2.53 bits per heavy atom. The molecule has 0 bridgehead atoms. The zero-order valence-electron chi connectivity index (χ0n) is 19.4. The van der Waals surface area contributed by atoms with E-state index in [9.17, 15) is 0 Å². The Labute approximate surface area is 182 Å². The van der Waals surface area contributed by atoms with Crippen LogP contribution in [0.15, 0.2) is 60.2 Å². The fourth-order valence-electron chi connectivity index (χ4n) is 4.58. The summed E-state index contributed by atoms with van der Waals surface area (Å²) in [5.41, 5.74) is 6.43. The van der Waals surface area contributed by atoms with Gasteiger partial charge in [0.15, 0.2) is 11.5 Å². The average Bonchev–Trinajstić information content (AvgIpc) is 2.72. The topological polar surface area (TPSA) is 18.5 Å². The third kappa shape index (κ3) is 4.98. The molecule has 0 fully saturated rings. The van der Waals surface area contributed by atoms with Crippen molar-refractivity contribution in [2.75, 3.05) is 7.11 Å². The van der Waals surface area contributed by atoms with Crippen LogP contribution in [0.1, 0.15) is 74.6 Å². The lowest BCUT2D eigenvalue weighted by molar-refractivity contribution is 0.274. The lowest BCUT2D eigenvalue weighted by atomic mass is 9.71. The first-order valence-corrected chi connectivity index (χ1v) is 11.1. The van der Waals surface area contributed by atoms with E-state index in [1.54, 1.807) is 7.11 Å². The number of rotatable bonds is 7. The first kappa shape index (κ1) is 22.2. The molecule has 3 atom stereocenters. The molecule has 0 saturated heterocycles. The fourth-order valence-corrected chi connectivity index (χ4v) is 4.58. The number of methoxy groups -OCH3 is 1. The van der Waals surface area contributed by atoms with Crippen LogP contribution in [0.5, 0.6) is 11.5 Å². The van der Waals surface area contributed by atoms with Crippen LogP contribution in [0.4, 0.5) is 0 Å². The molecule has 2 aromatic carbocycles. The molecule has 0 heterocycles. The van der Waals surface area contributed by atoms with Gasteiger partial charge in [-0.1, -0.05) is 74.0 Å². The van der Waals surface area contributed by atoms with E-state index < -0.39 is 0 Å². The van der Waals surface area contributed by atoms with Crippen LogP contribution in [0.2, 0.25) is 0 Å². The number of benzene rings is 2. The number of ether oxygens (including phenoxy) is 2. The highest BCUT2D eigenvalue weighted by Gasteiger charge is 2.32. The highest BCUT2D eigenvalue weighted by Crippen LogP contribution is 2.50. The Hall–Kier alpha value is -2.48. The minimum atomic E-state index is 0.463. The minimum Gasteiger partial charge on any atom is -0.493 e. The van der Waals surface area contributed by atoms with Crippen LogP contribution in [0.25, 0.3) is 0 Å². The third-order valence-corrected chi connectivity index (χ3v) is 6.20. The van der Waals surface area contributed by atoms with Gasteiger partial charge in [-0.25, -0.2) is 0 Å². The Bertz CT molecular complexity index is 904. The summed E-state index contributed by atoms with van der Waals surface area (Å²) < 4.78 is 12.3. The van der Waals surface area contributed by atoms with Gasteiger partial charge in [-0.2, -0.15) is 0 Å². The predicted molar refractivity (Wildman–Crippen MR) is 127 cm³/mol. The number of allylic oxidation sites excluding steroid dienone is 4. The maximum atomic E-state index is 6.45. The van der Waals surface area contributed by atoms with Gasteiger partial charge in [0.1, 0.15) is 6.61 Å². The molecule has 2 aromatic rings. The smallest absolute Gasteiger partial charge is 0.165 e. The molecular weight excluding hydrogens is 368 g/mol. The van der Waals surface area contributed by atoms with E-state index >= 15 is 0 Å². The normalized spacial score (nSPS) is 19.3. The molecule has 1 aliphatic carbocycles. The summed E-state index contributed by atoms with van der Waals surface area (Å²) in [5, 5.41) is 0. The SMILES string of the molecule is COc1c(C)cc2c(c1OCc1ccccc1)[C@@H](C)CC[C@@H]2[C@@H](C)C=CC=C(C)C. The monoisotopic (exact) mass is 404 g/mol. The molecule has 0 unspecified atom stereocenters. The van der Waals surface area contributed by atoms with Crippen LogP contribution in [0, 0.1) is 12.8 Å². The standard InChI is InChI=1S/C28H36O2/c1-19(2)11-10-12-20(3)24-16-15-21(4)26-25(24)17-22(5)27(29-6)28(26)30-18-23-13-8-7-9-14-23/h7-14,17,20-21,24H,15-16,18H2,1-6H3/t20-,21-,24+/m0/s1. The molecular formula is C28H36O2. The summed E-state index contributed by atoms with van der Waals surface area (Å²) in [7, 11) is 1.75. The Balaban J connectivity index is 2.00. The van der Waals surface area contributed by atoms with E-state index in [4.69, 9.17) is 9.47 Å². The summed E-state index contributed by atoms with van der Waals surface area (Å²) in [6.45, 7) is 11.6. The summed E-state index contributed by atoms with van der Waals surface area (Å²) in [5.74, 6) is 3.26. The van der Waals surface area contributed by atoms with Crippen molar-refractivity contribution in [3.63, 3.8) is 0 Å². The van der Waals surface area contributed by atoms with Crippen molar-refractivity contribution in [3.8, 4) is 11.5 Å². The molecule has 2 nitrogen and oxygen atoms in total. The number of aryl methyl sites for hydroxylation is 1. The van der Waals surface area contributed by atoms with Gasteiger partial charge in [0.05, 0.1) is 7.11 Å². The van der Waals surface area contributed by atoms with Crippen molar-refractivity contribution < 1.29 is 9.47 Å². The molecule has 0 aromatic heterocycles. The predicted octanol–water partition coefficient (Wildman–Crippen LogP) is 7.72. The number of hydrogen-bond donors (Lipinski definition) is 0. The van der Waals surface area contributed by atoms with Crippen molar-refractivity contribution in [2.45, 2.75) is 65.9 Å². The number of hydrogen-bond acceptors (Lipinski definition) is 2. The van der Waals surface area contributed by atoms with E-state index in [0.717, 1.165) is 17.1 Å².